The van der Waals surface area contributed by atoms with Gasteiger partial charge < -0.3 is 20.5 Å². The van der Waals surface area contributed by atoms with Gasteiger partial charge in [0.05, 0.1) is 28.6 Å². The molecule has 2 atom stereocenters. The first-order chi connectivity index (χ1) is 19.9. The minimum absolute atomic E-state index is 0.00653. The van der Waals surface area contributed by atoms with Crippen LogP contribution in [0.2, 0.25) is 5.02 Å². The van der Waals surface area contributed by atoms with E-state index in [1.807, 2.05) is 30.3 Å². The molecule has 1 aliphatic rings. The van der Waals surface area contributed by atoms with Crippen molar-refractivity contribution in [3.05, 3.63) is 87.8 Å². The molecular weight excluding hydrogens is 578 g/mol. The number of halogens is 5. The first-order valence-electron chi connectivity index (χ1n) is 13.0. The fraction of sp³-hybridized carbons (Fsp3) is 0.310. The van der Waals surface area contributed by atoms with Gasteiger partial charge in [-0.1, -0.05) is 41.9 Å². The number of anilines is 1. The number of aromatic nitrogens is 1. The largest absolute Gasteiger partial charge is 0.473 e. The van der Waals surface area contributed by atoms with Crippen LogP contribution >= 0.6 is 11.6 Å². The monoisotopic (exact) mass is 605 g/mol. The molecule has 13 heteroatoms. The van der Waals surface area contributed by atoms with E-state index in [1.165, 1.54) is 6.07 Å². The second-order valence-corrected chi connectivity index (χ2v) is 10.1. The Morgan fingerprint density at radius 3 is 2.52 bits per heavy atom. The van der Waals surface area contributed by atoms with Gasteiger partial charge >= 0.3 is 6.18 Å². The zero-order valence-electron chi connectivity index (χ0n) is 22.8. The number of carbonyl (C=O) groups excluding carboxylic acids is 1. The van der Waals surface area contributed by atoms with Crippen LogP contribution in [-0.4, -0.2) is 52.3 Å². The van der Waals surface area contributed by atoms with Crippen molar-refractivity contribution in [1.29, 1.82) is 0 Å². The Bertz CT molecular complexity index is 1510. The smallest absolute Gasteiger partial charge is 0.417 e. The lowest BCUT2D eigenvalue weighted by molar-refractivity contribution is -0.137. The Balaban J connectivity index is 1.85. The van der Waals surface area contributed by atoms with Gasteiger partial charge in [-0.3, -0.25) is 14.8 Å². The van der Waals surface area contributed by atoms with Gasteiger partial charge in [-0.25, -0.2) is 9.37 Å². The Morgan fingerprint density at radius 2 is 1.88 bits per heavy atom. The fourth-order valence-electron chi connectivity index (χ4n) is 4.15. The summed E-state index contributed by atoms with van der Waals surface area (Å²) in [6.07, 6.45) is -4.82. The molecule has 0 aliphatic carbocycles. The van der Waals surface area contributed by atoms with Crippen LogP contribution < -0.4 is 15.4 Å². The summed E-state index contributed by atoms with van der Waals surface area (Å²) >= 11 is 6.33. The molecule has 1 unspecified atom stereocenters. The quantitative estimate of drug-likeness (QED) is 0.298. The number of carbonyl (C=O) groups is 1. The van der Waals surface area contributed by atoms with Gasteiger partial charge in [-0.2, -0.15) is 13.2 Å². The van der Waals surface area contributed by atoms with Crippen molar-refractivity contribution in [2.45, 2.75) is 51.7 Å². The number of aliphatic imine (C=N–C) groups is 2. The Labute approximate surface area is 244 Å². The topological polar surface area (TPSA) is 108 Å². The summed E-state index contributed by atoms with van der Waals surface area (Å²) in [4.78, 5) is 25.6. The van der Waals surface area contributed by atoms with Gasteiger partial charge in [0.15, 0.2) is 11.9 Å². The van der Waals surface area contributed by atoms with Crippen LogP contribution in [0.1, 0.15) is 43.2 Å². The maximum Gasteiger partial charge on any atom is 0.417 e. The Hall–Kier alpha value is -4.03. The van der Waals surface area contributed by atoms with E-state index in [4.69, 9.17) is 16.3 Å². The summed E-state index contributed by atoms with van der Waals surface area (Å²) in [6, 6.07) is 11.0. The molecule has 1 aromatic heterocycles. The van der Waals surface area contributed by atoms with Crippen molar-refractivity contribution in [1.82, 2.24) is 10.3 Å². The van der Waals surface area contributed by atoms with Crippen molar-refractivity contribution < 1.29 is 32.2 Å². The molecule has 0 saturated carbocycles. The van der Waals surface area contributed by atoms with E-state index >= 15 is 4.39 Å². The van der Waals surface area contributed by atoms with E-state index in [2.05, 4.69) is 25.6 Å². The standard InChI is InChI=1S/C29H28ClF4N5O3/c1-15(2)35-28(41)21(13-40)38-27-16(3)36-26(23-20(37-27)11-9-18(24(23)30)29(32,33)34)25-19(31)10-12-22(39-25)42-14-17-7-5-4-6-8-17/h4-12,15-16,21,40H,13-14H2,1-3H3,(H,35,41)(H,37,38)/t16-,21?/m0/s1. The summed E-state index contributed by atoms with van der Waals surface area (Å²) in [5.41, 5.74) is -1.25. The number of aliphatic hydroxyl groups is 1. The Kier molecular flexibility index (Phi) is 9.47. The molecule has 1 aliphatic heterocycles. The second-order valence-electron chi connectivity index (χ2n) is 9.76. The zero-order valence-corrected chi connectivity index (χ0v) is 23.6. The number of pyridine rings is 1. The summed E-state index contributed by atoms with van der Waals surface area (Å²) in [6.45, 7) is 4.47. The molecule has 0 bridgehead atoms. The number of amides is 1. The first-order valence-corrected chi connectivity index (χ1v) is 13.3. The van der Waals surface area contributed by atoms with Crippen LogP contribution in [0.15, 0.2) is 64.6 Å². The third kappa shape index (κ3) is 7.05. The molecule has 0 radical (unpaired) electrons. The average Bonchev–Trinajstić information content (AvgIpc) is 3.07. The number of hydrogen-bond acceptors (Lipinski definition) is 6. The molecule has 222 valence electrons. The van der Waals surface area contributed by atoms with E-state index in [0.29, 0.717) is 0 Å². The first kappa shape index (κ1) is 30.9. The number of alkyl halides is 3. The summed E-state index contributed by atoms with van der Waals surface area (Å²) < 4.78 is 62.7. The second kappa shape index (κ2) is 12.9. The molecule has 3 N–H and O–H groups in total. The number of rotatable bonds is 8. The number of fused-ring (bicyclic) bond motifs is 1. The molecule has 3 aromatic rings. The highest BCUT2D eigenvalue weighted by Crippen LogP contribution is 2.41. The SMILES string of the molecule is CC(C)NC(=O)C(CO)N=C1Nc2ccc(C(F)(F)F)c(Cl)c2C(c2nc(OCc3ccccc3)ccc2F)=N[C@H]1C. The maximum atomic E-state index is 15.3. The van der Waals surface area contributed by atoms with Crippen molar-refractivity contribution in [3.8, 4) is 5.88 Å². The van der Waals surface area contributed by atoms with Gasteiger partial charge in [0, 0.05) is 17.7 Å². The van der Waals surface area contributed by atoms with Crippen LogP contribution in [0.4, 0.5) is 23.2 Å². The number of nitrogens with zero attached hydrogens (tertiary/aromatic N) is 3. The number of benzodiazepines with no additional fused rings is 1. The number of hydrogen-bond donors (Lipinski definition) is 3. The van der Waals surface area contributed by atoms with Crippen LogP contribution in [0.3, 0.4) is 0 Å². The normalized spacial score (nSPS) is 16.8. The highest BCUT2D eigenvalue weighted by Gasteiger charge is 2.37. The van der Waals surface area contributed by atoms with Gasteiger partial charge in [-0.05, 0) is 44.5 Å². The van der Waals surface area contributed by atoms with Crippen molar-refractivity contribution in [2.24, 2.45) is 9.98 Å². The maximum absolute atomic E-state index is 15.3. The van der Waals surface area contributed by atoms with Gasteiger partial charge in [-0.15, -0.1) is 0 Å². The number of amidine groups is 1. The van der Waals surface area contributed by atoms with Gasteiger partial charge in [0.1, 0.15) is 24.2 Å². The highest BCUT2D eigenvalue weighted by molar-refractivity contribution is 6.38. The number of aliphatic hydroxyl groups excluding tert-OH is 1. The van der Waals surface area contributed by atoms with Crippen LogP contribution in [0.25, 0.3) is 0 Å². The fourth-order valence-corrected chi connectivity index (χ4v) is 4.51. The highest BCUT2D eigenvalue weighted by atomic mass is 35.5. The van der Waals surface area contributed by atoms with Gasteiger partial charge in [0.25, 0.3) is 0 Å². The number of nitrogens with one attached hydrogen (secondary N) is 2. The van der Waals surface area contributed by atoms with Crippen molar-refractivity contribution in [3.63, 3.8) is 0 Å². The van der Waals surface area contributed by atoms with Gasteiger partial charge in [0.2, 0.25) is 11.8 Å². The van der Waals surface area contributed by atoms with E-state index in [-0.39, 0.29) is 41.3 Å². The van der Waals surface area contributed by atoms with E-state index in [1.54, 1.807) is 20.8 Å². The van der Waals surface area contributed by atoms with Crippen LogP contribution in [0, 0.1) is 5.82 Å². The summed E-state index contributed by atoms with van der Waals surface area (Å²) in [7, 11) is 0. The summed E-state index contributed by atoms with van der Waals surface area (Å²) in [5, 5.41) is 14.7. The molecule has 2 heterocycles. The predicted molar refractivity (Wildman–Crippen MR) is 152 cm³/mol. The molecule has 42 heavy (non-hydrogen) atoms. The van der Waals surface area contributed by atoms with E-state index in [9.17, 15) is 23.1 Å². The molecule has 2 aromatic carbocycles. The number of benzene rings is 2. The molecule has 0 saturated heterocycles. The minimum atomic E-state index is -4.82. The molecule has 4 rings (SSSR count). The molecular formula is C29H28ClF4N5O3. The third-order valence-electron chi connectivity index (χ3n) is 6.14. The van der Waals surface area contributed by atoms with Crippen LogP contribution in [0.5, 0.6) is 5.88 Å². The molecule has 0 fully saturated rings. The lowest BCUT2D eigenvalue weighted by Crippen LogP contribution is -2.41. The third-order valence-corrected chi connectivity index (χ3v) is 6.53. The van der Waals surface area contributed by atoms with Crippen molar-refractivity contribution >= 4 is 34.7 Å². The van der Waals surface area contributed by atoms with E-state index in [0.717, 1.165) is 23.8 Å². The molecule has 1 amide bonds. The minimum Gasteiger partial charge on any atom is -0.473 e. The van der Waals surface area contributed by atoms with Crippen molar-refractivity contribution in [2.75, 3.05) is 11.9 Å². The predicted octanol–water partition coefficient (Wildman–Crippen LogP) is 5.41. The van der Waals surface area contributed by atoms with Crippen LogP contribution in [-0.2, 0) is 17.6 Å². The van der Waals surface area contributed by atoms with E-state index < -0.39 is 52.9 Å². The zero-order chi connectivity index (χ0) is 30.6. The molecule has 0 spiro atoms. The average molecular weight is 606 g/mol. The summed E-state index contributed by atoms with van der Waals surface area (Å²) in [5.74, 6) is -1.40. The lowest BCUT2D eigenvalue weighted by Gasteiger charge is -2.18. The number of ether oxygens (including phenoxy) is 1. The lowest BCUT2D eigenvalue weighted by atomic mass is 10.0. The Morgan fingerprint density at radius 1 is 1.17 bits per heavy atom. The molecule has 8 nitrogen and oxygen atoms in total.